The second-order valence-electron chi connectivity index (χ2n) is 5.27. The van der Waals surface area contributed by atoms with Crippen LogP contribution in [0.5, 0.6) is 5.75 Å². The maximum Gasteiger partial charge on any atom is 0.147 e. The molecule has 0 aromatic heterocycles. The molecule has 106 valence electrons. The lowest BCUT2D eigenvalue weighted by Gasteiger charge is -2.13. The average molecular weight is 391 g/mol. The fourth-order valence-corrected chi connectivity index (χ4v) is 3.78. The molecule has 0 radical (unpaired) electrons. The minimum Gasteiger partial charge on any atom is -0.492 e. The molecule has 19 heavy (non-hydrogen) atoms. The predicted octanol–water partition coefficient (Wildman–Crippen LogP) is 4.75. The summed E-state index contributed by atoms with van der Waals surface area (Å²) >= 11 is 7.14. The van der Waals surface area contributed by atoms with E-state index in [-0.39, 0.29) is 0 Å². The normalized spacial score (nSPS) is 16.4. The Balaban J connectivity index is 1.89. The summed E-state index contributed by atoms with van der Waals surface area (Å²) in [6.07, 6.45) is 2.84. The second kappa shape index (κ2) is 7.09. The minimum absolute atomic E-state index is 0.674. The third-order valence-electron chi connectivity index (χ3n) is 3.57. The molecule has 2 rings (SSSR count). The predicted molar refractivity (Wildman–Crippen MR) is 86.6 cm³/mol. The lowest BCUT2D eigenvalue weighted by molar-refractivity contribution is 0.336. The summed E-state index contributed by atoms with van der Waals surface area (Å²) in [5.41, 5.74) is 1.27. The fourth-order valence-electron chi connectivity index (χ4n) is 2.27. The highest BCUT2D eigenvalue weighted by Crippen LogP contribution is 2.36. The minimum atomic E-state index is 0.674. The first-order chi connectivity index (χ1) is 9.11. The number of benzene rings is 1. The molecule has 1 aromatic rings. The molecular weight excluding hydrogens is 370 g/mol. The maximum atomic E-state index is 5.59. The molecule has 0 spiro atoms. The molecule has 1 atom stereocenters. The van der Waals surface area contributed by atoms with Crippen LogP contribution < -0.4 is 10.1 Å². The van der Waals surface area contributed by atoms with E-state index < -0.39 is 0 Å². The second-order valence-corrected chi connectivity index (χ2v) is 6.98. The Labute approximate surface area is 132 Å². The first-order valence-corrected chi connectivity index (χ1v) is 8.51. The van der Waals surface area contributed by atoms with Crippen molar-refractivity contribution >= 4 is 31.9 Å². The van der Waals surface area contributed by atoms with Gasteiger partial charge in [-0.05, 0) is 87.7 Å². The van der Waals surface area contributed by atoms with Crippen molar-refractivity contribution in [2.24, 2.45) is 11.8 Å². The van der Waals surface area contributed by atoms with Crippen LogP contribution in [0, 0.1) is 11.8 Å². The number of nitrogens with one attached hydrogen (secondary N) is 1. The largest absolute Gasteiger partial charge is 0.492 e. The number of ether oxygens (including phenoxy) is 1. The lowest BCUT2D eigenvalue weighted by atomic mass is 10.1. The monoisotopic (exact) mass is 389 g/mol. The summed E-state index contributed by atoms with van der Waals surface area (Å²) in [4.78, 5) is 0. The van der Waals surface area contributed by atoms with Gasteiger partial charge in [0.1, 0.15) is 5.75 Å². The van der Waals surface area contributed by atoms with E-state index in [1.54, 1.807) is 0 Å². The van der Waals surface area contributed by atoms with Gasteiger partial charge in [0.15, 0.2) is 0 Å². The van der Waals surface area contributed by atoms with Gasteiger partial charge in [0.25, 0.3) is 0 Å². The van der Waals surface area contributed by atoms with Gasteiger partial charge in [0.2, 0.25) is 0 Å². The summed E-state index contributed by atoms with van der Waals surface area (Å²) in [7, 11) is 0. The fraction of sp³-hybridized carbons (Fsp3) is 0.600. The zero-order valence-electron chi connectivity index (χ0n) is 11.5. The van der Waals surface area contributed by atoms with Crippen LogP contribution >= 0.6 is 31.9 Å². The van der Waals surface area contributed by atoms with Gasteiger partial charge in [-0.2, -0.15) is 0 Å². The molecular formula is C15H21Br2NO. The van der Waals surface area contributed by atoms with Gasteiger partial charge in [-0.1, -0.05) is 6.92 Å². The molecule has 4 heteroatoms. The molecule has 1 saturated carbocycles. The van der Waals surface area contributed by atoms with Crippen molar-refractivity contribution in [2.75, 3.05) is 13.2 Å². The summed E-state index contributed by atoms with van der Waals surface area (Å²) in [5, 5.41) is 3.55. The Morgan fingerprint density at radius 1 is 1.32 bits per heavy atom. The van der Waals surface area contributed by atoms with E-state index in [9.17, 15) is 0 Å². The molecule has 0 heterocycles. The highest BCUT2D eigenvalue weighted by molar-refractivity contribution is 9.11. The van der Waals surface area contributed by atoms with Gasteiger partial charge in [-0.3, -0.25) is 0 Å². The molecule has 0 amide bonds. The zero-order chi connectivity index (χ0) is 13.8. The van der Waals surface area contributed by atoms with Crippen molar-refractivity contribution in [1.29, 1.82) is 0 Å². The summed E-state index contributed by atoms with van der Waals surface area (Å²) < 4.78 is 7.61. The smallest absolute Gasteiger partial charge is 0.147 e. The van der Waals surface area contributed by atoms with Crippen molar-refractivity contribution in [2.45, 2.75) is 33.2 Å². The Morgan fingerprint density at radius 3 is 2.47 bits per heavy atom. The van der Waals surface area contributed by atoms with Crippen LogP contribution in [0.4, 0.5) is 0 Å². The molecule has 1 unspecified atom stereocenters. The number of hydrogen-bond acceptors (Lipinski definition) is 2. The van der Waals surface area contributed by atoms with E-state index in [0.29, 0.717) is 6.61 Å². The number of halogens is 2. The lowest BCUT2D eigenvalue weighted by Crippen LogP contribution is -2.21. The van der Waals surface area contributed by atoms with Crippen molar-refractivity contribution in [3.8, 4) is 5.75 Å². The van der Waals surface area contributed by atoms with Crippen LogP contribution in [0.2, 0.25) is 0 Å². The van der Waals surface area contributed by atoms with Gasteiger partial charge in [-0.15, -0.1) is 0 Å². The highest BCUT2D eigenvalue weighted by Gasteiger charge is 2.27. The van der Waals surface area contributed by atoms with E-state index in [1.807, 2.05) is 6.92 Å². The third-order valence-corrected chi connectivity index (χ3v) is 4.75. The van der Waals surface area contributed by atoms with Crippen LogP contribution in [0.3, 0.4) is 0 Å². The van der Waals surface area contributed by atoms with Crippen LogP contribution in [-0.2, 0) is 6.54 Å². The molecule has 1 aromatic carbocycles. The van der Waals surface area contributed by atoms with Crippen molar-refractivity contribution < 1.29 is 4.74 Å². The maximum absolute atomic E-state index is 5.59. The first-order valence-electron chi connectivity index (χ1n) is 6.93. The summed E-state index contributed by atoms with van der Waals surface area (Å²) in [6, 6.07) is 4.26. The van der Waals surface area contributed by atoms with Gasteiger partial charge in [0, 0.05) is 6.54 Å². The van der Waals surface area contributed by atoms with Gasteiger partial charge in [-0.25, -0.2) is 0 Å². The summed E-state index contributed by atoms with van der Waals surface area (Å²) in [6.45, 7) is 7.02. The Bertz CT molecular complexity index is 409. The summed E-state index contributed by atoms with van der Waals surface area (Å²) in [5.74, 6) is 2.65. The Morgan fingerprint density at radius 2 is 1.95 bits per heavy atom. The average Bonchev–Trinajstić information content (AvgIpc) is 3.18. The van der Waals surface area contributed by atoms with E-state index in [1.165, 1.54) is 18.4 Å². The molecule has 1 N–H and O–H groups in total. The van der Waals surface area contributed by atoms with Crippen LogP contribution in [0.25, 0.3) is 0 Å². The van der Waals surface area contributed by atoms with Gasteiger partial charge in [0.05, 0.1) is 15.6 Å². The van der Waals surface area contributed by atoms with Crippen LogP contribution in [0.15, 0.2) is 21.1 Å². The Hall–Kier alpha value is -0.0600. The molecule has 0 bridgehead atoms. The topological polar surface area (TPSA) is 21.3 Å². The molecule has 1 fully saturated rings. The first kappa shape index (κ1) is 15.3. The molecule has 1 aliphatic rings. The van der Waals surface area contributed by atoms with Crippen molar-refractivity contribution in [3.05, 3.63) is 26.6 Å². The van der Waals surface area contributed by atoms with Gasteiger partial charge < -0.3 is 10.1 Å². The quantitative estimate of drug-likeness (QED) is 0.725. The molecule has 2 nitrogen and oxygen atoms in total. The zero-order valence-corrected chi connectivity index (χ0v) is 14.7. The number of rotatable bonds is 7. The molecule has 0 saturated heterocycles. The standard InChI is InChI=1S/C15H21Br2NO/c1-3-19-15-13(16)6-11(7-14(15)17)9-18-8-10(2)12-4-5-12/h6-7,10,12,18H,3-5,8-9H2,1-2H3. The van der Waals surface area contributed by atoms with Crippen molar-refractivity contribution in [1.82, 2.24) is 5.32 Å². The van der Waals surface area contributed by atoms with Gasteiger partial charge >= 0.3 is 0 Å². The van der Waals surface area contributed by atoms with Crippen LogP contribution in [0.1, 0.15) is 32.3 Å². The van der Waals surface area contributed by atoms with Crippen molar-refractivity contribution in [3.63, 3.8) is 0 Å². The Kier molecular flexibility index (Phi) is 5.72. The number of hydrogen-bond donors (Lipinski definition) is 1. The van der Waals surface area contributed by atoms with E-state index in [0.717, 1.165) is 39.6 Å². The van der Waals surface area contributed by atoms with E-state index in [4.69, 9.17) is 4.74 Å². The SMILES string of the molecule is CCOc1c(Br)cc(CNCC(C)C2CC2)cc1Br. The highest BCUT2D eigenvalue weighted by atomic mass is 79.9. The van der Waals surface area contributed by atoms with E-state index >= 15 is 0 Å². The van der Waals surface area contributed by atoms with Crippen LogP contribution in [-0.4, -0.2) is 13.2 Å². The molecule has 0 aliphatic heterocycles. The third kappa shape index (κ3) is 4.47. The van der Waals surface area contributed by atoms with E-state index in [2.05, 4.69) is 56.2 Å². The molecule has 1 aliphatic carbocycles.